The summed E-state index contributed by atoms with van der Waals surface area (Å²) in [5, 5.41) is 8.81. The number of amides is 2. The van der Waals surface area contributed by atoms with Gasteiger partial charge in [0.15, 0.2) is 0 Å². The lowest BCUT2D eigenvalue weighted by Crippen LogP contribution is -2.37. The number of rotatable bonds is 11. The maximum absolute atomic E-state index is 15.1. The number of aromatic nitrogens is 4. The van der Waals surface area contributed by atoms with E-state index in [2.05, 4.69) is 25.7 Å². The van der Waals surface area contributed by atoms with Gasteiger partial charge in [0.25, 0.3) is 24.2 Å². The van der Waals surface area contributed by atoms with E-state index in [1.54, 1.807) is 0 Å². The summed E-state index contributed by atoms with van der Waals surface area (Å²) in [6.45, 7) is -0.559. The molecule has 3 heterocycles. The van der Waals surface area contributed by atoms with Crippen LogP contribution in [-0.4, -0.2) is 50.8 Å². The van der Waals surface area contributed by atoms with Crippen LogP contribution in [0.5, 0.6) is 0 Å². The van der Waals surface area contributed by atoms with Gasteiger partial charge in [-0.25, -0.2) is 40.7 Å². The molecular formula is C33H28F9N7O3. The first-order valence-electron chi connectivity index (χ1n) is 15.7. The van der Waals surface area contributed by atoms with E-state index in [0.717, 1.165) is 24.3 Å². The topological polar surface area (TPSA) is 137 Å². The Balaban J connectivity index is 1.45. The number of anilines is 1. The van der Waals surface area contributed by atoms with E-state index < -0.39 is 102 Å². The van der Waals surface area contributed by atoms with Gasteiger partial charge in [0, 0.05) is 37.3 Å². The molecule has 4 N–H and O–H groups in total. The lowest BCUT2D eigenvalue weighted by Gasteiger charge is -2.29. The molecule has 1 unspecified atom stereocenters. The minimum absolute atomic E-state index is 0.0271. The SMILES string of the molecule is NC(=O)c1cc(-c2cnc(NC3CCOC3)nc2[C@H](Cc2cc(F)cc(F)c2)NC(=O)Cn2nc(C(F)F)c3c2C(F)(F)CCC3(F)F)ccc1F. The van der Waals surface area contributed by atoms with Crippen LogP contribution >= 0.6 is 0 Å². The van der Waals surface area contributed by atoms with Crippen molar-refractivity contribution in [3.05, 3.63) is 93.8 Å². The van der Waals surface area contributed by atoms with Crippen LogP contribution in [0.15, 0.2) is 42.6 Å². The predicted molar refractivity (Wildman–Crippen MR) is 164 cm³/mol. The van der Waals surface area contributed by atoms with Gasteiger partial charge >= 0.3 is 0 Å². The minimum atomic E-state index is -4.09. The molecule has 1 aliphatic carbocycles. The number of primary amides is 1. The number of nitrogens with two attached hydrogens (primary N) is 1. The van der Waals surface area contributed by atoms with Gasteiger partial charge in [-0.3, -0.25) is 14.3 Å². The van der Waals surface area contributed by atoms with Crippen LogP contribution < -0.4 is 16.4 Å². The summed E-state index contributed by atoms with van der Waals surface area (Å²) < 4.78 is 136. The Morgan fingerprint density at radius 2 is 1.71 bits per heavy atom. The highest BCUT2D eigenvalue weighted by Gasteiger charge is 2.55. The van der Waals surface area contributed by atoms with Crippen LogP contribution in [0.4, 0.5) is 45.5 Å². The smallest absolute Gasteiger partial charge is 0.290 e. The highest BCUT2D eigenvalue weighted by molar-refractivity contribution is 5.94. The molecule has 0 saturated carbocycles. The zero-order chi connectivity index (χ0) is 37.5. The van der Waals surface area contributed by atoms with Crippen molar-refractivity contribution >= 4 is 17.8 Å². The molecule has 1 saturated heterocycles. The Morgan fingerprint density at radius 1 is 1.00 bits per heavy atom. The number of hydrogen-bond donors (Lipinski definition) is 3. The van der Waals surface area contributed by atoms with Gasteiger partial charge in [0.05, 0.1) is 35.5 Å². The number of hydrogen-bond acceptors (Lipinski definition) is 7. The Labute approximate surface area is 288 Å². The van der Waals surface area contributed by atoms with Crippen molar-refractivity contribution in [2.75, 3.05) is 18.5 Å². The zero-order valence-corrected chi connectivity index (χ0v) is 26.7. The molecule has 19 heteroatoms. The number of carbonyl (C=O) groups is 2. The van der Waals surface area contributed by atoms with Crippen molar-refractivity contribution in [2.24, 2.45) is 5.73 Å². The Bertz CT molecular complexity index is 2000. The molecule has 276 valence electrons. The van der Waals surface area contributed by atoms with Gasteiger partial charge in [0.2, 0.25) is 11.9 Å². The molecule has 0 bridgehead atoms. The van der Waals surface area contributed by atoms with Crippen LogP contribution in [0.25, 0.3) is 11.1 Å². The predicted octanol–water partition coefficient (Wildman–Crippen LogP) is 6.07. The first-order valence-corrected chi connectivity index (χ1v) is 15.7. The lowest BCUT2D eigenvalue weighted by atomic mass is 9.89. The van der Waals surface area contributed by atoms with Crippen LogP contribution in [0, 0.1) is 17.5 Å². The molecule has 0 spiro atoms. The number of fused-ring (bicyclic) bond motifs is 1. The Hall–Kier alpha value is -5.20. The van der Waals surface area contributed by atoms with Crippen molar-refractivity contribution in [3.63, 3.8) is 0 Å². The summed E-state index contributed by atoms with van der Waals surface area (Å²) in [4.78, 5) is 34.4. The lowest BCUT2D eigenvalue weighted by molar-refractivity contribution is -0.123. The van der Waals surface area contributed by atoms with Crippen molar-refractivity contribution in [2.45, 2.75) is 62.6 Å². The van der Waals surface area contributed by atoms with Gasteiger partial charge in [-0.2, -0.15) is 13.9 Å². The van der Waals surface area contributed by atoms with Gasteiger partial charge < -0.3 is 21.1 Å². The van der Waals surface area contributed by atoms with Gasteiger partial charge in [-0.15, -0.1) is 0 Å². The molecule has 10 nitrogen and oxygen atoms in total. The van der Waals surface area contributed by atoms with Crippen LogP contribution in [0.1, 0.15) is 70.3 Å². The summed E-state index contributed by atoms with van der Waals surface area (Å²) in [5.74, 6) is -13.5. The number of ether oxygens (including phenoxy) is 1. The molecule has 1 fully saturated rings. The number of carbonyl (C=O) groups excluding carboxylic acids is 2. The summed E-state index contributed by atoms with van der Waals surface area (Å²) >= 11 is 0. The van der Waals surface area contributed by atoms with Gasteiger partial charge in [-0.1, -0.05) is 6.07 Å². The molecule has 2 atom stereocenters. The third kappa shape index (κ3) is 7.54. The van der Waals surface area contributed by atoms with Crippen LogP contribution in [0.2, 0.25) is 0 Å². The molecule has 2 amide bonds. The molecule has 0 radical (unpaired) electrons. The van der Waals surface area contributed by atoms with Crippen LogP contribution in [0.3, 0.4) is 0 Å². The molecule has 4 aromatic rings. The summed E-state index contributed by atoms with van der Waals surface area (Å²) in [6.07, 6.45) is -5.18. The third-order valence-corrected chi connectivity index (χ3v) is 8.60. The quantitative estimate of drug-likeness (QED) is 0.159. The molecule has 2 aliphatic rings. The maximum atomic E-state index is 15.1. The van der Waals surface area contributed by atoms with E-state index in [9.17, 15) is 40.3 Å². The van der Waals surface area contributed by atoms with Crippen molar-refractivity contribution in [1.29, 1.82) is 0 Å². The van der Waals surface area contributed by atoms with E-state index in [0.29, 0.717) is 19.1 Å². The fourth-order valence-electron chi connectivity index (χ4n) is 6.26. The summed E-state index contributed by atoms with van der Waals surface area (Å²) in [5.41, 5.74) is -0.0329. The number of benzene rings is 2. The van der Waals surface area contributed by atoms with Crippen molar-refractivity contribution < 1.29 is 53.8 Å². The second kappa shape index (κ2) is 14.1. The van der Waals surface area contributed by atoms with E-state index in [-0.39, 0.29) is 45.7 Å². The first-order chi connectivity index (χ1) is 24.5. The maximum Gasteiger partial charge on any atom is 0.290 e. The molecular weight excluding hydrogens is 713 g/mol. The molecule has 1 aliphatic heterocycles. The van der Waals surface area contributed by atoms with E-state index >= 15 is 8.78 Å². The standard InChI is InChI=1S/C33H28F9N7O3/c34-17-7-15(8-18(35)11-17)9-23(46-24(50)13-49-28-25(27(48-49)29(37)38)32(39,40)4-5-33(28,41)42)26-21(16-1-2-22(36)20(10-16)30(43)51)12-44-31(47-26)45-19-3-6-52-14-19/h1-2,7-8,10-12,19,23,29H,3-6,9,13-14H2,(H2,43,51)(H,46,50)(H,44,45,47)/t19?,23-/m0/s1. The number of nitrogens with zero attached hydrogens (tertiary/aromatic N) is 4. The minimum Gasteiger partial charge on any atom is -0.379 e. The Morgan fingerprint density at radius 3 is 2.37 bits per heavy atom. The summed E-state index contributed by atoms with van der Waals surface area (Å²) in [7, 11) is 0. The van der Waals surface area contributed by atoms with Gasteiger partial charge in [0.1, 0.15) is 35.4 Å². The monoisotopic (exact) mass is 741 g/mol. The fourth-order valence-corrected chi connectivity index (χ4v) is 6.26. The molecule has 52 heavy (non-hydrogen) atoms. The fraction of sp³-hybridized carbons (Fsp3) is 0.364. The van der Waals surface area contributed by atoms with Crippen molar-refractivity contribution in [1.82, 2.24) is 25.1 Å². The second-order valence-corrected chi connectivity index (χ2v) is 12.3. The highest BCUT2D eigenvalue weighted by atomic mass is 19.3. The average molecular weight is 742 g/mol. The molecule has 2 aromatic heterocycles. The second-order valence-electron chi connectivity index (χ2n) is 12.3. The number of nitrogens with one attached hydrogen (secondary N) is 2. The number of alkyl halides is 6. The van der Waals surface area contributed by atoms with Crippen LogP contribution in [-0.2, 0) is 34.3 Å². The number of halogens is 9. The largest absolute Gasteiger partial charge is 0.379 e. The normalized spacial score (nSPS) is 18.2. The average Bonchev–Trinajstić information content (AvgIpc) is 3.72. The highest BCUT2D eigenvalue weighted by Crippen LogP contribution is 2.52. The third-order valence-electron chi connectivity index (χ3n) is 8.60. The molecule has 6 rings (SSSR count). The Kier molecular flexibility index (Phi) is 9.91. The van der Waals surface area contributed by atoms with E-state index in [1.807, 2.05) is 0 Å². The zero-order valence-electron chi connectivity index (χ0n) is 26.7. The first kappa shape index (κ1) is 36.6. The van der Waals surface area contributed by atoms with Crippen molar-refractivity contribution in [3.8, 4) is 11.1 Å². The van der Waals surface area contributed by atoms with Gasteiger partial charge in [-0.05, 0) is 48.2 Å². The summed E-state index contributed by atoms with van der Waals surface area (Å²) in [6, 6.07) is 3.97. The van der Waals surface area contributed by atoms with E-state index in [4.69, 9.17) is 10.5 Å². The van der Waals surface area contributed by atoms with E-state index in [1.165, 1.54) is 12.3 Å². The molecule has 2 aromatic carbocycles.